The Balaban J connectivity index is 1.73. The molecule has 2 aliphatic rings. The fraction of sp³-hybridized carbons (Fsp3) is 0.600. The third-order valence-electron chi connectivity index (χ3n) is 5.55. The Labute approximate surface area is 165 Å². The molecule has 1 atom stereocenters. The topological polar surface area (TPSA) is 90.0 Å². The molecule has 1 aliphatic carbocycles. The number of rotatable bonds is 7. The molecule has 8 heteroatoms. The van der Waals surface area contributed by atoms with Gasteiger partial charge in [-0.3, -0.25) is 9.59 Å². The van der Waals surface area contributed by atoms with Crippen molar-refractivity contribution in [1.82, 2.24) is 4.90 Å². The second-order valence-electron chi connectivity index (χ2n) is 7.46. The van der Waals surface area contributed by atoms with Crippen LogP contribution >= 0.6 is 0 Å². The van der Waals surface area contributed by atoms with Crippen LogP contribution in [0.1, 0.15) is 48.9 Å². The van der Waals surface area contributed by atoms with E-state index < -0.39 is 9.84 Å². The van der Waals surface area contributed by atoms with E-state index >= 15 is 0 Å². The van der Waals surface area contributed by atoms with E-state index in [1.54, 1.807) is 23.1 Å². The number of hydrogen-bond donors (Lipinski definition) is 0. The quantitative estimate of drug-likeness (QED) is 0.642. The van der Waals surface area contributed by atoms with Gasteiger partial charge in [0, 0.05) is 12.1 Å². The van der Waals surface area contributed by atoms with Gasteiger partial charge < -0.3 is 14.4 Å². The molecule has 154 valence electrons. The van der Waals surface area contributed by atoms with Crippen LogP contribution in [0.4, 0.5) is 0 Å². The first-order valence-electron chi connectivity index (χ1n) is 9.71. The molecular weight excluding hydrogens is 382 g/mol. The summed E-state index contributed by atoms with van der Waals surface area (Å²) in [5.41, 5.74) is 0.305. The first kappa shape index (κ1) is 20.6. The highest BCUT2D eigenvalue weighted by atomic mass is 32.2. The van der Waals surface area contributed by atoms with Crippen molar-refractivity contribution >= 4 is 22.0 Å². The monoisotopic (exact) mass is 409 g/mol. The van der Waals surface area contributed by atoms with E-state index in [0.29, 0.717) is 29.8 Å². The zero-order chi connectivity index (χ0) is 20.1. The van der Waals surface area contributed by atoms with Crippen LogP contribution in [0.3, 0.4) is 0 Å². The molecule has 28 heavy (non-hydrogen) atoms. The van der Waals surface area contributed by atoms with Crippen LogP contribution in [-0.4, -0.2) is 62.8 Å². The fourth-order valence-corrected chi connectivity index (χ4v) is 5.86. The standard InChI is InChI=1S/C20H27NO6S/c1-26-18-7-8-19(15(11-18)12-22)27-13-20(23)21(16-5-3-2-4-6-16)17-9-10-28(24,25)14-17/h7-8,11-12,16-17H,2-6,9-10,13-14H2,1H3. The molecule has 0 N–H and O–H groups in total. The van der Waals surface area contributed by atoms with Crippen molar-refractivity contribution in [3.8, 4) is 11.5 Å². The summed E-state index contributed by atoms with van der Waals surface area (Å²) in [5.74, 6) is 0.773. The van der Waals surface area contributed by atoms with Crippen LogP contribution in [0.2, 0.25) is 0 Å². The number of methoxy groups -OCH3 is 1. The average molecular weight is 410 g/mol. The number of sulfone groups is 1. The van der Waals surface area contributed by atoms with E-state index in [2.05, 4.69) is 0 Å². The Hall–Kier alpha value is -2.09. The zero-order valence-corrected chi connectivity index (χ0v) is 16.9. The molecule has 1 saturated carbocycles. The van der Waals surface area contributed by atoms with Crippen LogP contribution < -0.4 is 9.47 Å². The summed E-state index contributed by atoms with van der Waals surface area (Å²) in [6.45, 7) is -0.222. The number of aldehydes is 1. The zero-order valence-electron chi connectivity index (χ0n) is 16.1. The van der Waals surface area contributed by atoms with Crippen molar-refractivity contribution in [3.05, 3.63) is 23.8 Å². The van der Waals surface area contributed by atoms with Gasteiger partial charge in [-0.2, -0.15) is 0 Å². The molecule has 0 radical (unpaired) electrons. The number of nitrogens with zero attached hydrogens (tertiary/aromatic N) is 1. The maximum atomic E-state index is 13.0. The SMILES string of the molecule is COc1ccc(OCC(=O)N(C2CCCCC2)C2CCS(=O)(=O)C2)c(C=O)c1. The average Bonchev–Trinajstić information content (AvgIpc) is 3.06. The lowest BCUT2D eigenvalue weighted by molar-refractivity contribution is -0.138. The summed E-state index contributed by atoms with van der Waals surface area (Å²) in [5, 5.41) is 0. The van der Waals surface area contributed by atoms with E-state index in [0.717, 1.165) is 32.1 Å². The van der Waals surface area contributed by atoms with E-state index in [-0.39, 0.29) is 36.1 Å². The lowest BCUT2D eigenvalue weighted by Crippen LogP contribution is -2.50. The van der Waals surface area contributed by atoms with E-state index in [4.69, 9.17) is 9.47 Å². The van der Waals surface area contributed by atoms with E-state index in [1.807, 2.05) is 0 Å². The third kappa shape index (κ3) is 4.84. The summed E-state index contributed by atoms with van der Waals surface area (Å²) in [7, 11) is -1.59. The van der Waals surface area contributed by atoms with Crippen molar-refractivity contribution in [3.63, 3.8) is 0 Å². The Bertz CT molecular complexity index is 816. The highest BCUT2D eigenvalue weighted by molar-refractivity contribution is 7.91. The van der Waals surface area contributed by atoms with Crippen molar-refractivity contribution in [2.24, 2.45) is 0 Å². The number of carbonyl (C=O) groups is 2. The number of carbonyl (C=O) groups excluding carboxylic acids is 2. The summed E-state index contributed by atoms with van der Waals surface area (Å²) >= 11 is 0. The molecule has 0 aromatic heterocycles. The first-order chi connectivity index (χ1) is 13.4. The van der Waals surface area contributed by atoms with Crippen molar-refractivity contribution < 1.29 is 27.5 Å². The smallest absolute Gasteiger partial charge is 0.261 e. The molecule has 0 bridgehead atoms. The molecule has 2 fully saturated rings. The van der Waals surface area contributed by atoms with Gasteiger partial charge in [-0.15, -0.1) is 0 Å². The van der Waals surface area contributed by atoms with Crippen LogP contribution in [0, 0.1) is 0 Å². The maximum absolute atomic E-state index is 13.0. The Morgan fingerprint density at radius 3 is 2.54 bits per heavy atom. The number of benzene rings is 1. The highest BCUT2D eigenvalue weighted by Gasteiger charge is 2.38. The minimum atomic E-state index is -3.09. The molecular formula is C20H27NO6S. The summed E-state index contributed by atoms with van der Waals surface area (Å²) in [6.07, 6.45) is 6.16. The Morgan fingerprint density at radius 2 is 1.93 bits per heavy atom. The molecule has 1 saturated heterocycles. The van der Waals surface area contributed by atoms with Crippen molar-refractivity contribution in [2.45, 2.75) is 50.6 Å². The number of hydrogen-bond acceptors (Lipinski definition) is 6. The van der Waals surface area contributed by atoms with E-state index in [9.17, 15) is 18.0 Å². The van der Waals surface area contributed by atoms with Gasteiger partial charge in [-0.25, -0.2) is 8.42 Å². The lowest BCUT2D eigenvalue weighted by atomic mass is 9.93. The minimum Gasteiger partial charge on any atom is -0.497 e. The molecule has 3 rings (SSSR count). The summed E-state index contributed by atoms with van der Waals surface area (Å²) in [4.78, 5) is 26.1. The van der Waals surface area contributed by atoms with Gasteiger partial charge in [0.25, 0.3) is 5.91 Å². The molecule has 1 heterocycles. The van der Waals surface area contributed by atoms with Gasteiger partial charge in [0.2, 0.25) is 0 Å². The third-order valence-corrected chi connectivity index (χ3v) is 7.30. The molecule has 1 aromatic carbocycles. The van der Waals surface area contributed by atoms with E-state index in [1.165, 1.54) is 7.11 Å². The highest BCUT2D eigenvalue weighted by Crippen LogP contribution is 2.29. The normalized spacial score (nSPS) is 21.8. The fourth-order valence-electron chi connectivity index (χ4n) is 4.15. The van der Waals surface area contributed by atoms with Gasteiger partial charge in [0.05, 0.1) is 24.2 Å². The Kier molecular flexibility index (Phi) is 6.59. The Morgan fingerprint density at radius 1 is 1.18 bits per heavy atom. The second kappa shape index (κ2) is 8.94. The lowest BCUT2D eigenvalue weighted by Gasteiger charge is -2.38. The van der Waals surface area contributed by atoms with Crippen molar-refractivity contribution in [1.29, 1.82) is 0 Å². The summed E-state index contributed by atoms with van der Waals surface area (Å²) < 4.78 is 34.6. The largest absolute Gasteiger partial charge is 0.497 e. The van der Waals surface area contributed by atoms with Crippen LogP contribution in [0.25, 0.3) is 0 Å². The molecule has 1 aromatic rings. The predicted molar refractivity (Wildman–Crippen MR) is 105 cm³/mol. The van der Waals surface area contributed by atoms with Crippen LogP contribution in [0.5, 0.6) is 11.5 Å². The molecule has 1 amide bonds. The molecule has 0 spiro atoms. The van der Waals surface area contributed by atoms with Crippen molar-refractivity contribution in [2.75, 3.05) is 25.2 Å². The van der Waals surface area contributed by atoms with Gasteiger partial charge >= 0.3 is 0 Å². The first-order valence-corrected chi connectivity index (χ1v) is 11.5. The molecule has 1 aliphatic heterocycles. The van der Waals surface area contributed by atoms with Gasteiger partial charge in [0.15, 0.2) is 22.7 Å². The molecule has 1 unspecified atom stereocenters. The minimum absolute atomic E-state index is 0.0252. The van der Waals surface area contributed by atoms with Gasteiger partial charge in [-0.05, 0) is 37.5 Å². The van der Waals surface area contributed by atoms with Gasteiger partial charge in [-0.1, -0.05) is 19.3 Å². The predicted octanol–water partition coefficient (Wildman–Crippen LogP) is 2.23. The van der Waals surface area contributed by atoms with Crippen LogP contribution in [-0.2, 0) is 14.6 Å². The maximum Gasteiger partial charge on any atom is 0.261 e. The van der Waals surface area contributed by atoms with Gasteiger partial charge in [0.1, 0.15) is 11.5 Å². The molecule has 7 nitrogen and oxygen atoms in total. The van der Waals surface area contributed by atoms with Crippen LogP contribution in [0.15, 0.2) is 18.2 Å². The second-order valence-corrected chi connectivity index (χ2v) is 9.69. The number of amides is 1. The number of ether oxygens (including phenoxy) is 2. The summed E-state index contributed by atoms with van der Waals surface area (Å²) in [6, 6.07) is 4.58.